The number of alkyl halides is 3. The lowest BCUT2D eigenvalue weighted by Gasteiger charge is -2.18. The third kappa shape index (κ3) is 6.50. The maximum atomic E-state index is 12.8. The zero-order valence-electron chi connectivity index (χ0n) is 18.7. The number of hydrogen-bond donors (Lipinski definition) is 1. The third-order valence-electron chi connectivity index (χ3n) is 5.01. The summed E-state index contributed by atoms with van der Waals surface area (Å²) in [4.78, 5) is 32.8. The van der Waals surface area contributed by atoms with Crippen LogP contribution < -0.4 is 21.2 Å². The van der Waals surface area contributed by atoms with Gasteiger partial charge in [-0.1, -0.05) is 18.2 Å². The Morgan fingerprint density at radius 1 is 1.14 bits per heavy atom. The summed E-state index contributed by atoms with van der Waals surface area (Å²) in [6, 6.07) is 10.3. The SMILES string of the molecule is CN(CCC(CN)=C(F)F)c1ccc(-c2cccc(Cn3nnn(OC(=O)C(F)(F)F)c3=O)c2)cn1. The average molecular weight is 513 g/mol. The van der Waals surface area contributed by atoms with E-state index in [1.54, 1.807) is 54.5 Å². The lowest BCUT2D eigenvalue weighted by atomic mass is 10.0. The molecule has 0 spiro atoms. The molecular weight excluding hydrogens is 493 g/mol. The summed E-state index contributed by atoms with van der Waals surface area (Å²) in [6.07, 6.45) is -5.40. The Morgan fingerprint density at radius 2 is 1.89 bits per heavy atom. The molecule has 2 heterocycles. The number of hydrogen-bond acceptors (Lipinski definition) is 8. The molecule has 0 radical (unpaired) electrons. The van der Waals surface area contributed by atoms with Gasteiger partial charge >= 0.3 is 17.8 Å². The Hall–Kier alpha value is -4.14. The number of benzene rings is 1. The van der Waals surface area contributed by atoms with E-state index in [0.29, 0.717) is 29.1 Å². The minimum absolute atomic E-state index is 0.0974. The topological polar surface area (TPSA) is 121 Å². The number of nitrogens with two attached hydrogens (primary N) is 1. The van der Waals surface area contributed by atoms with Gasteiger partial charge in [0, 0.05) is 37.5 Å². The van der Waals surface area contributed by atoms with Crippen LogP contribution in [0.25, 0.3) is 11.1 Å². The van der Waals surface area contributed by atoms with Crippen molar-refractivity contribution in [3.8, 4) is 11.1 Å². The molecule has 3 rings (SSSR count). The molecule has 0 amide bonds. The van der Waals surface area contributed by atoms with E-state index in [1.165, 1.54) is 0 Å². The number of carbonyl (C=O) groups is 1. The van der Waals surface area contributed by atoms with Crippen molar-refractivity contribution in [3.05, 3.63) is 70.3 Å². The maximum Gasteiger partial charge on any atom is 0.493 e. The van der Waals surface area contributed by atoms with E-state index in [2.05, 4.69) is 20.2 Å². The maximum absolute atomic E-state index is 12.8. The van der Waals surface area contributed by atoms with E-state index in [4.69, 9.17) is 5.73 Å². The zero-order valence-corrected chi connectivity index (χ0v) is 18.7. The van der Waals surface area contributed by atoms with Gasteiger partial charge in [0.2, 0.25) is 0 Å². The van der Waals surface area contributed by atoms with E-state index in [9.17, 15) is 31.5 Å². The van der Waals surface area contributed by atoms with Crippen molar-refractivity contribution in [3.63, 3.8) is 0 Å². The number of anilines is 1. The van der Waals surface area contributed by atoms with Crippen molar-refractivity contribution >= 4 is 11.8 Å². The molecule has 15 heteroatoms. The van der Waals surface area contributed by atoms with Crippen LogP contribution in [0.1, 0.15) is 12.0 Å². The van der Waals surface area contributed by atoms with Crippen LogP contribution in [0.5, 0.6) is 0 Å². The van der Waals surface area contributed by atoms with Crippen LogP contribution in [0, 0.1) is 0 Å². The van der Waals surface area contributed by atoms with Crippen LogP contribution >= 0.6 is 0 Å². The Bertz CT molecular complexity index is 1300. The molecule has 10 nitrogen and oxygen atoms in total. The number of aromatic nitrogens is 5. The van der Waals surface area contributed by atoms with Gasteiger partial charge in [0.05, 0.1) is 6.54 Å². The van der Waals surface area contributed by atoms with Gasteiger partial charge in [-0.15, -0.1) is 0 Å². The van der Waals surface area contributed by atoms with E-state index >= 15 is 0 Å². The molecule has 0 aliphatic heterocycles. The average Bonchev–Trinajstić information content (AvgIpc) is 3.17. The third-order valence-corrected chi connectivity index (χ3v) is 5.01. The lowest BCUT2D eigenvalue weighted by molar-refractivity contribution is -0.202. The molecule has 36 heavy (non-hydrogen) atoms. The van der Waals surface area contributed by atoms with Crippen LogP contribution in [0.2, 0.25) is 0 Å². The Labute approximate surface area is 200 Å². The molecule has 0 saturated heterocycles. The Kier molecular flexibility index (Phi) is 8.14. The first kappa shape index (κ1) is 26.5. The van der Waals surface area contributed by atoms with E-state index in [-0.39, 0.29) is 29.9 Å². The molecule has 192 valence electrons. The van der Waals surface area contributed by atoms with Crippen molar-refractivity contribution in [2.24, 2.45) is 5.73 Å². The summed E-state index contributed by atoms with van der Waals surface area (Å²) >= 11 is 0. The summed E-state index contributed by atoms with van der Waals surface area (Å²) in [5.41, 5.74) is 6.01. The highest BCUT2D eigenvalue weighted by Gasteiger charge is 2.42. The second-order valence-corrected chi connectivity index (χ2v) is 7.51. The Morgan fingerprint density at radius 3 is 2.50 bits per heavy atom. The van der Waals surface area contributed by atoms with Crippen LogP contribution in [0.3, 0.4) is 0 Å². The van der Waals surface area contributed by atoms with Crippen LogP contribution in [0.15, 0.2) is 59.0 Å². The summed E-state index contributed by atoms with van der Waals surface area (Å²) in [6.45, 7) is -0.0912. The molecular formula is C21H20F5N7O3. The van der Waals surface area contributed by atoms with Crippen LogP contribution in [-0.2, 0) is 11.3 Å². The van der Waals surface area contributed by atoms with Gasteiger partial charge in [0.15, 0.2) is 0 Å². The van der Waals surface area contributed by atoms with Crippen molar-refractivity contribution in [2.45, 2.75) is 19.1 Å². The van der Waals surface area contributed by atoms with Crippen LogP contribution in [0.4, 0.5) is 27.8 Å². The molecule has 0 aliphatic rings. The number of tetrazole rings is 1. The summed E-state index contributed by atoms with van der Waals surface area (Å²) < 4.78 is 63.2. The van der Waals surface area contributed by atoms with Gasteiger partial charge < -0.3 is 15.5 Å². The second-order valence-electron chi connectivity index (χ2n) is 7.51. The fourth-order valence-corrected chi connectivity index (χ4v) is 3.04. The molecule has 0 fully saturated rings. The number of rotatable bonds is 9. The highest BCUT2D eigenvalue weighted by molar-refractivity contribution is 5.75. The molecule has 0 aliphatic carbocycles. The van der Waals surface area contributed by atoms with Gasteiger partial charge in [-0.25, -0.2) is 14.6 Å². The van der Waals surface area contributed by atoms with Crippen LogP contribution in [-0.4, -0.2) is 57.2 Å². The van der Waals surface area contributed by atoms with E-state index < -0.39 is 23.9 Å². The predicted octanol–water partition coefficient (Wildman–Crippen LogP) is 2.00. The van der Waals surface area contributed by atoms with Crippen molar-refractivity contribution in [1.82, 2.24) is 24.9 Å². The highest BCUT2D eigenvalue weighted by Crippen LogP contribution is 2.22. The van der Waals surface area contributed by atoms with Crippen molar-refractivity contribution < 1.29 is 31.6 Å². The van der Waals surface area contributed by atoms with E-state index in [1.807, 2.05) is 0 Å². The van der Waals surface area contributed by atoms with Gasteiger partial charge in [0.1, 0.15) is 5.82 Å². The summed E-state index contributed by atoms with van der Waals surface area (Å²) in [7, 11) is 1.71. The van der Waals surface area contributed by atoms with Crippen molar-refractivity contribution in [1.29, 1.82) is 0 Å². The number of pyridine rings is 1. The number of carbonyl (C=O) groups excluding carboxylic acids is 1. The minimum Gasteiger partial charge on any atom is -0.359 e. The zero-order chi connectivity index (χ0) is 26.5. The first-order valence-corrected chi connectivity index (χ1v) is 10.3. The van der Waals surface area contributed by atoms with Gasteiger partial charge in [-0.05, 0) is 51.0 Å². The van der Waals surface area contributed by atoms with Gasteiger partial charge in [-0.3, -0.25) is 0 Å². The normalized spacial score (nSPS) is 11.3. The standard InChI is InChI=1S/C21H20F5N7O3/c1-31(8-7-15(10-27)18(22)23)17-6-5-16(11-28-17)14-4-2-3-13(9-14)12-32-20(35)33(30-29-32)36-19(34)21(24,25)26/h2-6,9,11H,7-8,10,12,27H2,1H3. The molecule has 3 aromatic rings. The summed E-state index contributed by atoms with van der Waals surface area (Å²) in [5.74, 6) is -2.05. The Balaban J connectivity index is 1.70. The molecule has 0 unspecified atom stereocenters. The second kappa shape index (κ2) is 11.1. The monoisotopic (exact) mass is 513 g/mol. The quantitative estimate of drug-likeness (QED) is 0.341. The fraction of sp³-hybridized carbons (Fsp3) is 0.286. The predicted molar refractivity (Wildman–Crippen MR) is 117 cm³/mol. The molecule has 2 aromatic heterocycles. The van der Waals surface area contributed by atoms with Gasteiger partial charge in [-0.2, -0.15) is 26.6 Å². The van der Waals surface area contributed by atoms with Crippen molar-refractivity contribution in [2.75, 3.05) is 25.0 Å². The molecule has 0 saturated carbocycles. The smallest absolute Gasteiger partial charge is 0.359 e. The summed E-state index contributed by atoms with van der Waals surface area (Å²) in [5, 5.41) is 6.54. The number of nitrogens with zero attached hydrogens (tertiary/aromatic N) is 6. The first-order chi connectivity index (χ1) is 17.0. The molecule has 1 aromatic carbocycles. The number of halogens is 5. The first-order valence-electron chi connectivity index (χ1n) is 10.3. The molecule has 0 bridgehead atoms. The largest absolute Gasteiger partial charge is 0.493 e. The minimum atomic E-state index is -5.30. The highest BCUT2D eigenvalue weighted by atomic mass is 19.4. The molecule has 0 atom stereocenters. The fourth-order valence-electron chi connectivity index (χ4n) is 3.04. The molecule has 2 N–H and O–H groups in total. The lowest BCUT2D eigenvalue weighted by Crippen LogP contribution is -2.39. The van der Waals surface area contributed by atoms with E-state index in [0.717, 1.165) is 4.68 Å². The van der Waals surface area contributed by atoms with Gasteiger partial charge in [0.25, 0.3) is 6.08 Å².